The number of aliphatic hydroxyl groups is 1. The molecule has 196 valence electrons. The maximum Gasteiger partial charge on any atom is 0.342 e. The third kappa shape index (κ3) is 5.56. The van der Waals surface area contributed by atoms with Crippen LogP contribution in [0.15, 0.2) is 54.6 Å². The summed E-state index contributed by atoms with van der Waals surface area (Å²) in [6.45, 7) is 10.1. The molecule has 0 aliphatic rings. The molecule has 4 aromatic rings. The Morgan fingerprint density at radius 1 is 0.789 bits per heavy atom. The van der Waals surface area contributed by atoms with Gasteiger partial charge in [-0.05, 0) is 57.9 Å². The van der Waals surface area contributed by atoms with Crippen LogP contribution >= 0.6 is 0 Å². The molecule has 1 amide bonds. The lowest BCUT2D eigenvalue weighted by molar-refractivity contribution is -1.01. The Morgan fingerprint density at radius 2 is 1.29 bits per heavy atom. The quantitative estimate of drug-likeness (QED) is 0.182. The fraction of sp³-hybridized carbons (Fsp3) is 0.267. The molecular weight excluding hydrogens is 480 g/mol. The lowest BCUT2D eigenvalue weighted by Crippen LogP contribution is -2.51. The minimum atomic E-state index is -0.422. The fourth-order valence-electron chi connectivity index (χ4n) is 4.42. The zero-order valence-electron chi connectivity index (χ0n) is 22.4. The molecule has 0 bridgehead atoms. The van der Waals surface area contributed by atoms with E-state index in [4.69, 9.17) is 19.8 Å². The van der Waals surface area contributed by atoms with E-state index in [2.05, 4.69) is 12.1 Å². The highest BCUT2D eigenvalue weighted by atomic mass is 16.7. The number of aromatic nitrogens is 3. The Bertz CT molecular complexity index is 1420. The number of carbonyl (C=O) groups excluding carboxylic acids is 1. The van der Waals surface area contributed by atoms with Crippen molar-refractivity contribution in [3.05, 3.63) is 76.9 Å². The number of phenolic OH excluding ortho intramolecular Hbond substituents is 1. The van der Waals surface area contributed by atoms with Gasteiger partial charge in [0.15, 0.2) is 23.2 Å². The first kappa shape index (κ1) is 26.9. The normalized spacial score (nSPS) is 12.7. The lowest BCUT2D eigenvalue weighted by atomic mass is 10.0. The monoisotopic (exact) mass is 513 g/mol. The van der Waals surface area contributed by atoms with Crippen molar-refractivity contribution in [1.29, 1.82) is 0 Å². The minimum Gasteiger partial charge on any atom is -0.507 e. The SMILES string of the molecule is CC[N+](C=O)(CCO)Oc1ccc(-c2nc(-c3ccc(C)cc3C)nc(-c3ccc(C)cc3C)n2)c(O)c1. The molecule has 0 fully saturated rings. The van der Waals surface area contributed by atoms with Crippen LogP contribution in [0.3, 0.4) is 0 Å². The number of hydrogen-bond acceptors (Lipinski definition) is 7. The van der Waals surface area contributed by atoms with Gasteiger partial charge in [0, 0.05) is 17.2 Å². The van der Waals surface area contributed by atoms with Crippen LogP contribution in [0.1, 0.15) is 29.2 Å². The molecule has 0 aliphatic heterocycles. The molecule has 0 saturated carbocycles. The number of hydrogen-bond donors (Lipinski definition) is 2. The van der Waals surface area contributed by atoms with Gasteiger partial charge in [-0.1, -0.05) is 52.2 Å². The Kier molecular flexibility index (Phi) is 7.85. The average Bonchev–Trinajstić information content (AvgIpc) is 2.88. The minimum absolute atomic E-state index is 0.0918. The second-order valence-corrected chi connectivity index (χ2v) is 9.53. The Hall–Kier alpha value is -4.14. The molecule has 1 atom stereocenters. The average molecular weight is 514 g/mol. The molecule has 8 nitrogen and oxygen atoms in total. The van der Waals surface area contributed by atoms with Crippen LogP contribution in [-0.4, -0.2) is 55.9 Å². The Labute approximate surface area is 222 Å². The summed E-state index contributed by atoms with van der Waals surface area (Å²) in [5, 5.41) is 20.4. The van der Waals surface area contributed by atoms with Crippen molar-refractivity contribution in [2.75, 3.05) is 19.7 Å². The van der Waals surface area contributed by atoms with E-state index in [0.717, 1.165) is 33.4 Å². The van der Waals surface area contributed by atoms with E-state index in [0.29, 0.717) is 36.0 Å². The predicted octanol–water partition coefficient (Wildman–Crippen LogP) is 5.09. The number of aliphatic hydroxyl groups excluding tert-OH is 1. The lowest BCUT2D eigenvalue weighted by Gasteiger charge is -2.27. The van der Waals surface area contributed by atoms with Gasteiger partial charge in [-0.2, -0.15) is 0 Å². The van der Waals surface area contributed by atoms with E-state index in [1.165, 1.54) is 6.07 Å². The van der Waals surface area contributed by atoms with E-state index < -0.39 is 4.65 Å². The zero-order valence-corrected chi connectivity index (χ0v) is 22.4. The van der Waals surface area contributed by atoms with Gasteiger partial charge in [0.05, 0.1) is 12.2 Å². The van der Waals surface area contributed by atoms with E-state index in [-0.39, 0.29) is 24.7 Å². The van der Waals surface area contributed by atoms with Gasteiger partial charge in [-0.3, -0.25) is 0 Å². The first-order valence-corrected chi connectivity index (χ1v) is 12.6. The van der Waals surface area contributed by atoms with Crippen LogP contribution in [-0.2, 0) is 4.79 Å². The van der Waals surface area contributed by atoms with E-state index >= 15 is 0 Å². The van der Waals surface area contributed by atoms with Gasteiger partial charge in [0.2, 0.25) is 0 Å². The van der Waals surface area contributed by atoms with Crippen molar-refractivity contribution >= 4 is 6.41 Å². The third-order valence-electron chi connectivity index (χ3n) is 6.58. The molecular formula is C30H33N4O4+. The molecule has 0 saturated heterocycles. The third-order valence-corrected chi connectivity index (χ3v) is 6.58. The van der Waals surface area contributed by atoms with Crippen molar-refractivity contribution < 1.29 is 24.5 Å². The van der Waals surface area contributed by atoms with Crippen molar-refractivity contribution in [2.45, 2.75) is 34.6 Å². The number of carbonyl (C=O) groups is 1. The maximum absolute atomic E-state index is 11.7. The number of likely N-dealkylation sites (N-methyl/N-ethyl adjacent to an activating group) is 1. The first-order valence-electron chi connectivity index (χ1n) is 12.6. The number of aromatic hydroxyl groups is 1. The number of hydroxylamine groups is 3. The molecule has 0 spiro atoms. The molecule has 2 N–H and O–H groups in total. The number of amides is 1. The van der Waals surface area contributed by atoms with Gasteiger partial charge in [-0.25, -0.2) is 19.7 Å². The molecule has 0 radical (unpaired) electrons. The summed E-state index contributed by atoms with van der Waals surface area (Å²) in [4.78, 5) is 31.9. The number of rotatable bonds is 9. The van der Waals surface area contributed by atoms with Crippen molar-refractivity contribution in [3.63, 3.8) is 0 Å². The predicted molar refractivity (Wildman–Crippen MR) is 146 cm³/mol. The van der Waals surface area contributed by atoms with Crippen LogP contribution in [0.25, 0.3) is 34.2 Å². The van der Waals surface area contributed by atoms with Gasteiger partial charge in [0.25, 0.3) is 0 Å². The number of nitrogens with zero attached hydrogens (tertiary/aromatic N) is 4. The highest BCUT2D eigenvalue weighted by Gasteiger charge is 2.29. The Morgan fingerprint density at radius 3 is 1.71 bits per heavy atom. The summed E-state index contributed by atoms with van der Waals surface area (Å²) in [6.07, 6.45) is 0.638. The van der Waals surface area contributed by atoms with E-state index in [9.17, 15) is 15.0 Å². The van der Waals surface area contributed by atoms with Crippen molar-refractivity contribution in [1.82, 2.24) is 15.0 Å². The summed E-state index contributed by atoms with van der Waals surface area (Å²) in [5.41, 5.74) is 6.51. The van der Waals surface area contributed by atoms with Gasteiger partial charge < -0.3 is 15.1 Å². The number of benzene rings is 3. The molecule has 1 aromatic heterocycles. The van der Waals surface area contributed by atoms with Gasteiger partial charge in [-0.15, -0.1) is 0 Å². The van der Waals surface area contributed by atoms with Crippen LogP contribution in [0.5, 0.6) is 11.5 Å². The molecule has 3 aromatic carbocycles. The molecule has 8 heteroatoms. The zero-order chi connectivity index (χ0) is 27.4. The van der Waals surface area contributed by atoms with Gasteiger partial charge in [0.1, 0.15) is 18.8 Å². The summed E-state index contributed by atoms with van der Waals surface area (Å²) in [7, 11) is 0. The number of aryl methyl sites for hydroxylation is 4. The molecule has 0 aliphatic carbocycles. The highest BCUT2D eigenvalue weighted by molar-refractivity contribution is 5.72. The molecule has 38 heavy (non-hydrogen) atoms. The topological polar surface area (TPSA) is 105 Å². The first-order chi connectivity index (χ1) is 18.2. The summed E-state index contributed by atoms with van der Waals surface area (Å²) in [5.74, 6) is 1.51. The van der Waals surface area contributed by atoms with Crippen LogP contribution in [0.2, 0.25) is 0 Å². The highest BCUT2D eigenvalue weighted by Crippen LogP contribution is 2.34. The second kappa shape index (κ2) is 11.1. The number of phenols is 1. The molecule has 4 rings (SSSR count). The standard InChI is InChI=1S/C30H32N4O4/c1-6-34(18-36,13-14-35)38-23-9-12-26(27(37)17-23)30-32-28(24-10-7-19(2)15-21(24)4)31-29(33-30)25-11-8-20(3)16-22(25)5/h7-12,15-18,35H,6,13-14H2,1-5H3/p+1. The maximum atomic E-state index is 11.7. The van der Waals surface area contributed by atoms with Crippen LogP contribution in [0.4, 0.5) is 0 Å². The van der Waals surface area contributed by atoms with E-state index in [1.54, 1.807) is 19.1 Å². The second-order valence-electron chi connectivity index (χ2n) is 9.53. The summed E-state index contributed by atoms with van der Waals surface area (Å²) >= 11 is 0. The van der Waals surface area contributed by atoms with Crippen LogP contribution < -0.4 is 4.84 Å². The summed E-state index contributed by atoms with van der Waals surface area (Å²) < 4.78 is -0.422. The Balaban J connectivity index is 1.84. The van der Waals surface area contributed by atoms with E-state index in [1.807, 2.05) is 52.0 Å². The van der Waals surface area contributed by atoms with Crippen molar-refractivity contribution in [2.24, 2.45) is 0 Å². The van der Waals surface area contributed by atoms with Crippen LogP contribution in [0, 0.1) is 27.7 Å². The summed E-state index contributed by atoms with van der Waals surface area (Å²) in [6, 6.07) is 16.9. The molecule has 1 heterocycles. The van der Waals surface area contributed by atoms with Crippen molar-refractivity contribution in [3.8, 4) is 45.7 Å². The molecule has 1 unspecified atom stereocenters. The fourth-order valence-corrected chi connectivity index (χ4v) is 4.42. The van der Waals surface area contributed by atoms with Gasteiger partial charge >= 0.3 is 6.41 Å². The number of quaternary nitrogens is 1. The largest absolute Gasteiger partial charge is 0.507 e. The smallest absolute Gasteiger partial charge is 0.342 e.